The zero-order chi connectivity index (χ0) is 19.3. The number of rotatable bonds is 6. The van der Waals surface area contributed by atoms with E-state index in [2.05, 4.69) is 26.1 Å². The maximum Gasteiger partial charge on any atom is 0.270 e. The first-order valence-corrected chi connectivity index (χ1v) is 9.22. The van der Waals surface area contributed by atoms with Crippen LogP contribution in [0.1, 0.15) is 23.2 Å². The second-order valence-corrected chi connectivity index (χ2v) is 6.61. The summed E-state index contributed by atoms with van der Waals surface area (Å²) in [4.78, 5) is 20.9. The van der Waals surface area contributed by atoms with Gasteiger partial charge in [0, 0.05) is 18.7 Å². The monoisotopic (exact) mass is 378 g/mol. The van der Waals surface area contributed by atoms with Gasteiger partial charge >= 0.3 is 0 Å². The SMILES string of the molecule is Nc1c(NCC2CCCO2)ncnc1NNC(=O)c1cccc2ccccc12. The number of fused-ring (bicyclic) bond motifs is 1. The molecule has 1 amide bonds. The second kappa shape index (κ2) is 8.10. The number of nitrogens with two attached hydrogens (primary N) is 1. The Hall–Kier alpha value is -3.39. The van der Waals surface area contributed by atoms with Crippen molar-refractivity contribution in [2.24, 2.45) is 0 Å². The average molecular weight is 378 g/mol. The second-order valence-electron chi connectivity index (χ2n) is 6.61. The van der Waals surface area contributed by atoms with Crippen LogP contribution in [0.5, 0.6) is 0 Å². The van der Waals surface area contributed by atoms with E-state index in [0.29, 0.717) is 29.4 Å². The predicted octanol–water partition coefficient (Wildman–Crippen LogP) is 2.56. The predicted molar refractivity (Wildman–Crippen MR) is 109 cm³/mol. The average Bonchev–Trinajstić information content (AvgIpc) is 3.25. The minimum atomic E-state index is -0.274. The molecule has 144 valence electrons. The number of anilines is 3. The van der Waals surface area contributed by atoms with Crippen LogP contribution < -0.4 is 21.9 Å². The molecule has 1 aliphatic heterocycles. The first kappa shape index (κ1) is 18.0. The Balaban J connectivity index is 1.44. The van der Waals surface area contributed by atoms with Gasteiger partial charge in [-0.1, -0.05) is 36.4 Å². The molecule has 2 heterocycles. The fourth-order valence-corrected chi connectivity index (χ4v) is 3.26. The first-order chi connectivity index (χ1) is 13.7. The van der Waals surface area contributed by atoms with Crippen molar-refractivity contribution in [2.45, 2.75) is 18.9 Å². The molecule has 1 aliphatic rings. The van der Waals surface area contributed by atoms with Crippen LogP contribution >= 0.6 is 0 Å². The number of nitrogen functional groups attached to an aromatic ring is 1. The number of benzene rings is 2. The largest absolute Gasteiger partial charge is 0.393 e. The molecule has 1 aromatic heterocycles. The Morgan fingerprint density at radius 1 is 1.14 bits per heavy atom. The summed E-state index contributed by atoms with van der Waals surface area (Å²) in [5.41, 5.74) is 12.5. The van der Waals surface area contributed by atoms with E-state index in [1.165, 1.54) is 6.33 Å². The quantitative estimate of drug-likeness (QED) is 0.487. The van der Waals surface area contributed by atoms with Crippen molar-refractivity contribution < 1.29 is 9.53 Å². The highest BCUT2D eigenvalue weighted by Crippen LogP contribution is 2.23. The van der Waals surface area contributed by atoms with Gasteiger partial charge in [0.25, 0.3) is 5.91 Å². The van der Waals surface area contributed by atoms with Crippen molar-refractivity contribution in [1.29, 1.82) is 0 Å². The number of hydrazine groups is 1. The van der Waals surface area contributed by atoms with Gasteiger partial charge in [0.1, 0.15) is 12.0 Å². The van der Waals surface area contributed by atoms with Gasteiger partial charge in [-0.25, -0.2) is 9.97 Å². The third-order valence-corrected chi connectivity index (χ3v) is 4.73. The lowest BCUT2D eigenvalue weighted by Gasteiger charge is -2.15. The van der Waals surface area contributed by atoms with Crippen LogP contribution in [0.3, 0.4) is 0 Å². The molecule has 0 spiro atoms. The number of hydrogen-bond donors (Lipinski definition) is 4. The molecule has 8 heteroatoms. The Labute approximate surface area is 162 Å². The number of carbonyl (C=O) groups is 1. The number of aromatic nitrogens is 2. The number of ether oxygens (including phenoxy) is 1. The van der Waals surface area contributed by atoms with Crippen molar-refractivity contribution in [2.75, 3.05) is 29.6 Å². The molecule has 0 radical (unpaired) electrons. The van der Waals surface area contributed by atoms with Gasteiger partial charge in [0.05, 0.1) is 6.10 Å². The van der Waals surface area contributed by atoms with Crippen molar-refractivity contribution in [3.05, 3.63) is 54.4 Å². The van der Waals surface area contributed by atoms with Gasteiger partial charge < -0.3 is 15.8 Å². The first-order valence-electron chi connectivity index (χ1n) is 9.22. The molecule has 0 saturated carbocycles. The fourth-order valence-electron chi connectivity index (χ4n) is 3.26. The Morgan fingerprint density at radius 3 is 2.82 bits per heavy atom. The summed E-state index contributed by atoms with van der Waals surface area (Å²) in [6.45, 7) is 1.42. The summed E-state index contributed by atoms with van der Waals surface area (Å²) in [5.74, 6) is 0.564. The molecule has 4 rings (SSSR count). The third kappa shape index (κ3) is 3.81. The number of nitrogens with zero attached hydrogens (tertiary/aromatic N) is 2. The third-order valence-electron chi connectivity index (χ3n) is 4.73. The normalized spacial score (nSPS) is 16.1. The topological polar surface area (TPSA) is 114 Å². The number of carbonyl (C=O) groups excluding carboxylic acids is 1. The van der Waals surface area contributed by atoms with Gasteiger partial charge in [-0.3, -0.25) is 15.6 Å². The van der Waals surface area contributed by atoms with E-state index in [0.717, 1.165) is 30.2 Å². The summed E-state index contributed by atoms with van der Waals surface area (Å²) in [6.07, 6.45) is 3.64. The molecule has 8 nitrogen and oxygen atoms in total. The lowest BCUT2D eigenvalue weighted by Crippen LogP contribution is -2.30. The van der Waals surface area contributed by atoms with Crippen molar-refractivity contribution in [3.8, 4) is 0 Å². The maximum absolute atomic E-state index is 12.6. The highest BCUT2D eigenvalue weighted by Gasteiger charge is 2.17. The highest BCUT2D eigenvalue weighted by molar-refractivity contribution is 6.07. The molecule has 5 N–H and O–H groups in total. The van der Waals surface area contributed by atoms with E-state index in [9.17, 15) is 4.79 Å². The smallest absolute Gasteiger partial charge is 0.270 e. The van der Waals surface area contributed by atoms with Crippen LogP contribution in [-0.2, 0) is 4.74 Å². The summed E-state index contributed by atoms with van der Waals surface area (Å²) in [6, 6.07) is 13.3. The molecular formula is C20H22N6O2. The van der Waals surface area contributed by atoms with E-state index < -0.39 is 0 Å². The van der Waals surface area contributed by atoms with E-state index in [1.54, 1.807) is 6.07 Å². The lowest BCUT2D eigenvalue weighted by molar-refractivity contribution is 0.0964. The van der Waals surface area contributed by atoms with Crippen LogP contribution in [0.15, 0.2) is 48.8 Å². The molecule has 28 heavy (non-hydrogen) atoms. The maximum atomic E-state index is 12.6. The van der Waals surface area contributed by atoms with Crippen LogP contribution in [-0.4, -0.2) is 35.1 Å². The highest BCUT2D eigenvalue weighted by atomic mass is 16.5. The summed E-state index contributed by atoms with van der Waals surface area (Å²) < 4.78 is 5.59. The molecule has 1 saturated heterocycles. The Bertz CT molecular complexity index is 982. The lowest BCUT2D eigenvalue weighted by atomic mass is 10.0. The molecule has 0 aliphatic carbocycles. The number of nitrogens with one attached hydrogen (secondary N) is 3. The van der Waals surface area contributed by atoms with Crippen molar-refractivity contribution in [1.82, 2.24) is 15.4 Å². The fraction of sp³-hybridized carbons (Fsp3) is 0.250. The van der Waals surface area contributed by atoms with E-state index in [1.807, 2.05) is 36.4 Å². The van der Waals surface area contributed by atoms with Crippen LogP contribution in [0.2, 0.25) is 0 Å². The van der Waals surface area contributed by atoms with Crippen LogP contribution in [0.4, 0.5) is 17.3 Å². The zero-order valence-electron chi connectivity index (χ0n) is 15.3. The summed E-state index contributed by atoms with van der Waals surface area (Å²) in [7, 11) is 0. The van der Waals surface area contributed by atoms with Gasteiger partial charge in [-0.05, 0) is 29.7 Å². The van der Waals surface area contributed by atoms with Gasteiger partial charge in [0.2, 0.25) is 0 Å². The van der Waals surface area contributed by atoms with Crippen LogP contribution in [0, 0.1) is 0 Å². The zero-order valence-corrected chi connectivity index (χ0v) is 15.3. The van der Waals surface area contributed by atoms with Gasteiger partial charge in [-0.15, -0.1) is 0 Å². The summed E-state index contributed by atoms with van der Waals surface area (Å²) in [5, 5.41) is 5.06. The molecule has 0 bridgehead atoms. The standard InChI is InChI=1S/C20H22N6O2/c21-17-18(22-11-14-7-4-10-28-14)23-12-24-19(17)25-26-20(27)16-9-3-6-13-5-1-2-8-15(13)16/h1-3,5-6,8-9,12,14H,4,7,10-11,21H2,(H,26,27)(H2,22,23,24,25). The molecule has 3 aromatic rings. The van der Waals surface area contributed by atoms with Gasteiger partial charge in [-0.2, -0.15) is 0 Å². The van der Waals surface area contributed by atoms with Gasteiger partial charge in [0.15, 0.2) is 11.6 Å². The Kier molecular flexibility index (Phi) is 5.20. The minimum Gasteiger partial charge on any atom is -0.393 e. The molecule has 1 fully saturated rings. The van der Waals surface area contributed by atoms with Crippen LogP contribution in [0.25, 0.3) is 10.8 Å². The Morgan fingerprint density at radius 2 is 1.96 bits per heavy atom. The van der Waals surface area contributed by atoms with Crippen molar-refractivity contribution in [3.63, 3.8) is 0 Å². The number of amides is 1. The van der Waals surface area contributed by atoms with E-state index >= 15 is 0 Å². The molecule has 1 unspecified atom stereocenters. The molecule has 2 aromatic carbocycles. The molecular weight excluding hydrogens is 356 g/mol. The molecule has 1 atom stereocenters. The van der Waals surface area contributed by atoms with E-state index in [-0.39, 0.29) is 12.0 Å². The minimum absolute atomic E-state index is 0.164. The van der Waals surface area contributed by atoms with E-state index in [4.69, 9.17) is 10.5 Å². The number of hydrogen-bond acceptors (Lipinski definition) is 7. The summed E-state index contributed by atoms with van der Waals surface area (Å²) >= 11 is 0. The van der Waals surface area contributed by atoms with Crippen molar-refractivity contribution >= 4 is 34.0 Å².